The molecule has 0 aliphatic heterocycles. The molecule has 0 aliphatic carbocycles. The maximum atomic E-state index is 11.2. The summed E-state index contributed by atoms with van der Waals surface area (Å²) in [7, 11) is -2.90. The largest absolute Gasteiger partial charge is 0.301 e. The molecule has 0 aromatic carbocycles. The molecular weight excluding hydrogens is 432 g/mol. The standard InChI is InChI=1S/C15H17ClN4O2S4/c1-26(21,22)9-4-2-3-7-20-13(11-6-5-8-23-11)18-19-14(20)25-15-17-10-12(16)24-15/h5-6,8,10H,2-4,7,9H2,1H3. The molecule has 0 radical (unpaired) electrons. The SMILES string of the molecule is CS(=O)(=O)CCCCCn1c(Sc2ncc(Cl)s2)nnc1-c1cccs1. The van der Waals surface area contributed by atoms with E-state index in [-0.39, 0.29) is 5.75 Å². The van der Waals surface area contributed by atoms with Crippen LogP contribution in [0.15, 0.2) is 33.2 Å². The minimum atomic E-state index is -2.90. The van der Waals surface area contributed by atoms with Gasteiger partial charge in [-0.15, -0.1) is 21.5 Å². The van der Waals surface area contributed by atoms with Crippen LogP contribution in [0.3, 0.4) is 0 Å². The van der Waals surface area contributed by atoms with Crippen LogP contribution in [-0.2, 0) is 16.4 Å². The summed E-state index contributed by atoms with van der Waals surface area (Å²) in [5, 5.41) is 11.4. The molecule has 0 unspecified atom stereocenters. The Morgan fingerprint density at radius 2 is 2.12 bits per heavy atom. The average Bonchev–Trinajstić information content (AvgIpc) is 3.28. The van der Waals surface area contributed by atoms with Crippen molar-refractivity contribution in [3.63, 3.8) is 0 Å². The van der Waals surface area contributed by atoms with E-state index >= 15 is 0 Å². The molecule has 26 heavy (non-hydrogen) atoms. The van der Waals surface area contributed by atoms with Crippen molar-refractivity contribution in [3.05, 3.63) is 28.0 Å². The smallest absolute Gasteiger partial charge is 0.198 e. The highest BCUT2D eigenvalue weighted by Crippen LogP contribution is 2.34. The van der Waals surface area contributed by atoms with Crippen LogP contribution < -0.4 is 0 Å². The number of sulfone groups is 1. The molecular formula is C15H17ClN4O2S4. The summed E-state index contributed by atoms with van der Waals surface area (Å²) in [4.78, 5) is 5.32. The van der Waals surface area contributed by atoms with Crippen molar-refractivity contribution in [1.29, 1.82) is 0 Å². The van der Waals surface area contributed by atoms with Gasteiger partial charge in [-0.2, -0.15) is 0 Å². The van der Waals surface area contributed by atoms with Crippen molar-refractivity contribution >= 4 is 55.9 Å². The van der Waals surface area contributed by atoms with Gasteiger partial charge in [0.2, 0.25) is 0 Å². The van der Waals surface area contributed by atoms with Crippen LogP contribution in [0, 0.1) is 0 Å². The van der Waals surface area contributed by atoms with Gasteiger partial charge in [-0.3, -0.25) is 0 Å². The van der Waals surface area contributed by atoms with Crippen molar-refractivity contribution < 1.29 is 8.42 Å². The van der Waals surface area contributed by atoms with E-state index in [1.165, 1.54) is 29.4 Å². The van der Waals surface area contributed by atoms with E-state index in [2.05, 4.69) is 19.7 Å². The van der Waals surface area contributed by atoms with E-state index in [1.54, 1.807) is 17.5 Å². The minimum Gasteiger partial charge on any atom is -0.301 e. The third-order valence-corrected chi connectivity index (χ3v) is 7.56. The van der Waals surface area contributed by atoms with E-state index in [4.69, 9.17) is 11.6 Å². The summed E-state index contributed by atoms with van der Waals surface area (Å²) in [6, 6.07) is 4.00. The fourth-order valence-corrected chi connectivity index (χ4v) is 5.85. The molecule has 0 spiro atoms. The second-order valence-electron chi connectivity index (χ2n) is 5.66. The van der Waals surface area contributed by atoms with E-state index < -0.39 is 9.84 Å². The van der Waals surface area contributed by atoms with Gasteiger partial charge in [0.1, 0.15) is 14.2 Å². The van der Waals surface area contributed by atoms with E-state index in [9.17, 15) is 8.42 Å². The van der Waals surface area contributed by atoms with Crippen molar-refractivity contribution in [1.82, 2.24) is 19.7 Å². The molecule has 0 amide bonds. The number of aromatic nitrogens is 4. The van der Waals surface area contributed by atoms with Crippen LogP contribution >= 0.6 is 46.0 Å². The highest BCUT2D eigenvalue weighted by Gasteiger charge is 2.17. The predicted octanol–water partition coefficient (Wildman–Crippen LogP) is 4.48. The second kappa shape index (κ2) is 8.83. The van der Waals surface area contributed by atoms with E-state index in [1.807, 2.05) is 17.5 Å². The Hall–Kier alpha value is -0.940. The lowest BCUT2D eigenvalue weighted by Crippen LogP contribution is -2.05. The molecule has 3 rings (SSSR count). The number of hydrogen-bond donors (Lipinski definition) is 0. The predicted molar refractivity (Wildman–Crippen MR) is 108 cm³/mol. The Labute approximate surface area is 169 Å². The van der Waals surface area contributed by atoms with Crippen LogP contribution in [0.5, 0.6) is 0 Å². The molecule has 0 fully saturated rings. The molecule has 0 atom stereocenters. The summed E-state index contributed by atoms with van der Waals surface area (Å²) in [6.45, 7) is 0.728. The molecule has 140 valence electrons. The van der Waals surface area contributed by atoms with E-state index in [0.717, 1.165) is 39.6 Å². The topological polar surface area (TPSA) is 77.7 Å². The van der Waals surface area contributed by atoms with Crippen molar-refractivity contribution in [2.24, 2.45) is 0 Å². The Bertz CT molecular complexity index is 950. The fraction of sp³-hybridized carbons (Fsp3) is 0.400. The van der Waals surface area contributed by atoms with Gasteiger partial charge in [0.15, 0.2) is 15.3 Å². The molecule has 6 nitrogen and oxygen atoms in total. The normalized spacial score (nSPS) is 11.9. The summed E-state index contributed by atoms with van der Waals surface area (Å²) in [5.74, 6) is 1.06. The number of thiophene rings is 1. The maximum Gasteiger partial charge on any atom is 0.198 e. The molecule has 3 aromatic heterocycles. The lowest BCUT2D eigenvalue weighted by atomic mass is 10.2. The number of rotatable bonds is 9. The van der Waals surface area contributed by atoms with Crippen molar-refractivity contribution in [2.75, 3.05) is 12.0 Å². The Balaban J connectivity index is 1.73. The van der Waals surface area contributed by atoms with Gasteiger partial charge in [0.25, 0.3) is 0 Å². The molecule has 0 N–H and O–H groups in total. The summed E-state index contributed by atoms with van der Waals surface area (Å²) in [6.07, 6.45) is 5.26. The first-order valence-corrected chi connectivity index (χ1v) is 12.8. The lowest BCUT2D eigenvalue weighted by molar-refractivity contribution is 0.563. The third kappa shape index (κ3) is 5.53. The quantitative estimate of drug-likeness (QED) is 0.449. The molecule has 3 heterocycles. The first-order valence-electron chi connectivity index (χ1n) is 7.86. The minimum absolute atomic E-state index is 0.228. The third-order valence-electron chi connectivity index (χ3n) is 3.49. The Morgan fingerprint density at radius 3 is 2.77 bits per heavy atom. The summed E-state index contributed by atoms with van der Waals surface area (Å²) < 4.78 is 26.0. The van der Waals surface area contributed by atoms with Crippen molar-refractivity contribution in [3.8, 4) is 10.7 Å². The number of thiazole rings is 1. The summed E-state index contributed by atoms with van der Waals surface area (Å²) >= 11 is 10.4. The number of hydrogen-bond acceptors (Lipinski definition) is 8. The molecule has 11 heteroatoms. The van der Waals surface area contributed by atoms with Gasteiger partial charge < -0.3 is 4.57 Å². The first kappa shape index (κ1) is 19.8. The van der Waals surface area contributed by atoms with E-state index in [0.29, 0.717) is 10.8 Å². The number of nitrogens with zero attached hydrogens (tertiary/aromatic N) is 4. The summed E-state index contributed by atoms with van der Waals surface area (Å²) in [5.41, 5.74) is 0. The number of unbranched alkanes of at least 4 members (excludes halogenated alkanes) is 2. The first-order chi connectivity index (χ1) is 12.4. The zero-order chi connectivity index (χ0) is 18.6. The highest BCUT2D eigenvalue weighted by atomic mass is 35.5. The second-order valence-corrected chi connectivity index (χ2v) is 11.7. The molecule has 3 aromatic rings. The zero-order valence-corrected chi connectivity index (χ0v) is 18.0. The lowest BCUT2D eigenvalue weighted by Gasteiger charge is -2.08. The van der Waals surface area contributed by atoms with Gasteiger partial charge in [0, 0.05) is 18.6 Å². The fourth-order valence-electron chi connectivity index (χ4n) is 2.33. The van der Waals surface area contributed by atoms with Crippen LogP contribution in [0.2, 0.25) is 4.34 Å². The monoisotopic (exact) mass is 448 g/mol. The van der Waals surface area contributed by atoms with Gasteiger partial charge in [-0.05, 0) is 36.0 Å². The Morgan fingerprint density at radius 1 is 1.27 bits per heavy atom. The van der Waals surface area contributed by atoms with Gasteiger partial charge in [0.05, 0.1) is 11.1 Å². The number of halogens is 1. The van der Waals surface area contributed by atoms with Crippen LogP contribution in [0.1, 0.15) is 19.3 Å². The zero-order valence-electron chi connectivity index (χ0n) is 14.0. The Kier molecular flexibility index (Phi) is 6.73. The van der Waals surface area contributed by atoms with Crippen molar-refractivity contribution in [2.45, 2.75) is 35.3 Å². The highest BCUT2D eigenvalue weighted by molar-refractivity contribution is 8.00. The molecule has 0 aliphatic rings. The van der Waals surface area contributed by atoms with Gasteiger partial charge in [-0.25, -0.2) is 13.4 Å². The maximum absolute atomic E-state index is 11.2. The van der Waals surface area contributed by atoms with Crippen LogP contribution in [0.25, 0.3) is 10.7 Å². The average molecular weight is 449 g/mol. The van der Waals surface area contributed by atoms with Crippen LogP contribution in [0.4, 0.5) is 0 Å². The van der Waals surface area contributed by atoms with Gasteiger partial charge in [-0.1, -0.05) is 35.4 Å². The van der Waals surface area contributed by atoms with Crippen LogP contribution in [-0.4, -0.2) is 40.2 Å². The molecule has 0 saturated carbocycles. The van der Waals surface area contributed by atoms with Gasteiger partial charge >= 0.3 is 0 Å². The molecule has 0 saturated heterocycles. The molecule has 0 bridgehead atoms.